The maximum Gasteiger partial charge on any atom is 0.132 e. The number of rotatable bonds is 4. The number of ether oxygens (including phenoxy) is 2. The van der Waals surface area contributed by atoms with Crippen molar-refractivity contribution in [1.29, 1.82) is 0 Å². The second kappa shape index (κ2) is 5.79. The average Bonchev–Trinajstić information content (AvgIpc) is 2.54. The number of morpholine rings is 1. The van der Waals surface area contributed by atoms with Gasteiger partial charge < -0.3 is 14.8 Å². The summed E-state index contributed by atoms with van der Waals surface area (Å²) in [6, 6.07) is 0. The maximum absolute atomic E-state index is 6.16. The fourth-order valence-electron chi connectivity index (χ4n) is 2.29. The number of aromatic nitrogens is 2. The highest BCUT2D eigenvalue weighted by Gasteiger charge is 2.28. The summed E-state index contributed by atoms with van der Waals surface area (Å²) < 4.78 is 13.3. The van der Waals surface area contributed by atoms with Crippen molar-refractivity contribution in [3.8, 4) is 0 Å². The summed E-state index contributed by atoms with van der Waals surface area (Å²) in [5.41, 5.74) is 1.73. The van der Waals surface area contributed by atoms with E-state index in [0.29, 0.717) is 18.4 Å². The molecule has 1 unspecified atom stereocenters. The number of aryl methyl sites for hydroxylation is 2. The van der Waals surface area contributed by atoms with Crippen molar-refractivity contribution in [3.63, 3.8) is 0 Å². The summed E-state index contributed by atoms with van der Waals surface area (Å²) >= 11 is 6.16. The molecule has 5 nitrogen and oxygen atoms in total. The molecular formula is C13H22ClN3O2. The monoisotopic (exact) mass is 287 g/mol. The Morgan fingerprint density at radius 2 is 2.32 bits per heavy atom. The summed E-state index contributed by atoms with van der Waals surface area (Å²) in [5.74, 6) is 0. The molecule has 2 rings (SSSR count). The Hall–Kier alpha value is -0.620. The molecule has 1 fully saturated rings. The minimum absolute atomic E-state index is 0.0829. The number of hydrogen-bond donors (Lipinski definition) is 1. The molecule has 1 aromatic rings. The molecule has 1 aliphatic heterocycles. The van der Waals surface area contributed by atoms with Crippen LogP contribution >= 0.6 is 11.6 Å². The number of nitrogens with one attached hydrogen (secondary N) is 1. The Labute approximate surface area is 119 Å². The van der Waals surface area contributed by atoms with Crippen molar-refractivity contribution < 1.29 is 9.47 Å². The summed E-state index contributed by atoms with van der Waals surface area (Å²) in [6.45, 7) is 8.81. The lowest BCUT2D eigenvalue weighted by molar-refractivity contribution is -0.122. The van der Waals surface area contributed by atoms with Crippen LogP contribution in [0.1, 0.15) is 25.1 Å². The molecule has 6 heteroatoms. The van der Waals surface area contributed by atoms with Gasteiger partial charge in [0.25, 0.3) is 0 Å². The van der Waals surface area contributed by atoms with Crippen molar-refractivity contribution in [2.75, 3.05) is 19.7 Å². The van der Waals surface area contributed by atoms with E-state index in [1.807, 2.05) is 14.0 Å². The van der Waals surface area contributed by atoms with Gasteiger partial charge in [-0.3, -0.25) is 4.68 Å². The number of halogens is 1. The summed E-state index contributed by atoms with van der Waals surface area (Å²) in [4.78, 5) is 0. The van der Waals surface area contributed by atoms with E-state index in [2.05, 4.69) is 24.3 Å². The van der Waals surface area contributed by atoms with Gasteiger partial charge in [-0.15, -0.1) is 0 Å². The molecule has 0 radical (unpaired) electrons. The molecule has 0 bridgehead atoms. The molecule has 0 spiro atoms. The lowest BCUT2D eigenvalue weighted by Gasteiger charge is -2.36. The minimum Gasteiger partial charge on any atom is -0.374 e. The molecule has 0 saturated carbocycles. The van der Waals surface area contributed by atoms with E-state index in [1.54, 1.807) is 4.68 Å². The van der Waals surface area contributed by atoms with Crippen molar-refractivity contribution in [3.05, 3.63) is 16.4 Å². The van der Waals surface area contributed by atoms with E-state index in [0.717, 1.165) is 24.3 Å². The van der Waals surface area contributed by atoms with Gasteiger partial charge in [-0.25, -0.2) is 0 Å². The molecule has 1 aromatic heterocycles. The summed E-state index contributed by atoms with van der Waals surface area (Å²) in [5, 5.41) is 8.25. The van der Waals surface area contributed by atoms with Crippen LogP contribution in [-0.4, -0.2) is 41.2 Å². The Kier molecular flexibility index (Phi) is 4.50. The molecule has 1 saturated heterocycles. The third-order valence-electron chi connectivity index (χ3n) is 3.23. The second-order valence-electron chi connectivity index (χ2n) is 5.62. The standard InChI is InChI=1S/C13H22ClN3O2/c1-9-11(12(14)17(4)16-9)7-18-6-10-5-15-8-13(2,3)19-10/h10,15H,5-8H2,1-4H3. The lowest BCUT2D eigenvalue weighted by Crippen LogP contribution is -2.51. The third kappa shape index (κ3) is 3.69. The first-order valence-corrected chi connectivity index (χ1v) is 6.91. The van der Waals surface area contributed by atoms with E-state index in [9.17, 15) is 0 Å². The zero-order valence-electron chi connectivity index (χ0n) is 12.0. The van der Waals surface area contributed by atoms with Crippen molar-refractivity contribution in [2.24, 2.45) is 7.05 Å². The molecule has 0 aliphatic carbocycles. The number of nitrogens with zero attached hydrogens (tertiary/aromatic N) is 2. The van der Waals surface area contributed by atoms with Crippen LogP contribution in [0.2, 0.25) is 5.15 Å². The zero-order valence-corrected chi connectivity index (χ0v) is 12.8. The Bertz CT molecular complexity index is 445. The quantitative estimate of drug-likeness (QED) is 0.915. The molecule has 1 N–H and O–H groups in total. The highest BCUT2D eigenvalue weighted by Crippen LogP contribution is 2.20. The predicted octanol–water partition coefficient (Wildman–Crippen LogP) is 1.67. The van der Waals surface area contributed by atoms with E-state index < -0.39 is 0 Å². The van der Waals surface area contributed by atoms with E-state index in [4.69, 9.17) is 21.1 Å². The lowest BCUT2D eigenvalue weighted by atomic mass is 10.1. The van der Waals surface area contributed by atoms with Crippen molar-refractivity contribution in [1.82, 2.24) is 15.1 Å². The van der Waals surface area contributed by atoms with Crippen molar-refractivity contribution >= 4 is 11.6 Å². The number of hydrogen-bond acceptors (Lipinski definition) is 4. The first-order valence-electron chi connectivity index (χ1n) is 6.53. The molecule has 0 amide bonds. The molecule has 1 atom stereocenters. The van der Waals surface area contributed by atoms with Crippen LogP contribution in [0.3, 0.4) is 0 Å². The van der Waals surface area contributed by atoms with Gasteiger partial charge in [0, 0.05) is 25.7 Å². The van der Waals surface area contributed by atoms with Crippen LogP contribution in [0.5, 0.6) is 0 Å². The molecular weight excluding hydrogens is 266 g/mol. The largest absolute Gasteiger partial charge is 0.374 e. The average molecular weight is 288 g/mol. The van der Waals surface area contributed by atoms with Gasteiger partial charge in [0.2, 0.25) is 0 Å². The topological polar surface area (TPSA) is 48.3 Å². The summed E-state index contributed by atoms with van der Waals surface area (Å²) in [7, 11) is 1.83. The highest BCUT2D eigenvalue weighted by molar-refractivity contribution is 6.30. The smallest absolute Gasteiger partial charge is 0.132 e. The van der Waals surface area contributed by atoms with Crippen LogP contribution < -0.4 is 5.32 Å². The van der Waals surface area contributed by atoms with Crippen LogP contribution in [0.4, 0.5) is 0 Å². The highest BCUT2D eigenvalue weighted by atomic mass is 35.5. The van der Waals surface area contributed by atoms with Crippen molar-refractivity contribution in [2.45, 2.75) is 39.1 Å². The van der Waals surface area contributed by atoms with E-state index in [-0.39, 0.29) is 11.7 Å². The SMILES string of the molecule is Cc1nn(C)c(Cl)c1COCC1CNCC(C)(C)O1. The molecule has 2 heterocycles. The Morgan fingerprint density at radius 3 is 2.89 bits per heavy atom. The van der Waals surface area contributed by atoms with Gasteiger partial charge in [-0.05, 0) is 20.8 Å². The molecule has 0 aromatic carbocycles. The van der Waals surface area contributed by atoms with Crippen LogP contribution in [0, 0.1) is 6.92 Å². The third-order valence-corrected chi connectivity index (χ3v) is 3.70. The van der Waals surface area contributed by atoms with Gasteiger partial charge in [0.1, 0.15) is 5.15 Å². The van der Waals surface area contributed by atoms with E-state index >= 15 is 0 Å². The first kappa shape index (κ1) is 14.8. The minimum atomic E-state index is -0.131. The van der Waals surface area contributed by atoms with Gasteiger partial charge in [0.05, 0.1) is 30.6 Å². The fourth-order valence-corrected chi connectivity index (χ4v) is 2.52. The zero-order chi connectivity index (χ0) is 14.0. The fraction of sp³-hybridized carbons (Fsp3) is 0.769. The molecule has 19 heavy (non-hydrogen) atoms. The summed E-state index contributed by atoms with van der Waals surface area (Å²) in [6.07, 6.45) is 0.0829. The Balaban J connectivity index is 1.83. The predicted molar refractivity (Wildman–Crippen MR) is 74.4 cm³/mol. The first-order chi connectivity index (χ1) is 8.89. The molecule has 108 valence electrons. The van der Waals surface area contributed by atoms with Gasteiger partial charge >= 0.3 is 0 Å². The van der Waals surface area contributed by atoms with Gasteiger partial charge in [-0.1, -0.05) is 11.6 Å². The van der Waals surface area contributed by atoms with Crippen LogP contribution in [-0.2, 0) is 23.1 Å². The van der Waals surface area contributed by atoms with Gasteiger partial charge in [0.15, 0.2) is 0 Å². The Morgan fingerprint density at radius 1 is 1.58 bits per heavy atom. The van der Waals surface area contributed by atoms with Crippen LogP contribution in [0.25, 0.3) is 0 Å². The maximum atomic E-state index is 6.16. The molecule has 1 aliphatic rings. The van der Waals surface area contributed by atoms with E-state index in [1.165, 1.54) is 0 Å². The normalized spacial score (nSPS) is 22.7. The van der Waals surface area contributed by atoms with Crippen LogP contribution in [0.15, 0.2) is 0 Å². The second-order valence-corrected chi connectivity index (χ2v) is 5.98. The van der Waals surface area contributed by atoms with Gasteiger partial charge in [-0.2, -0.15) is 5.10 Å².